The highest BCUT2D eigenvalue weighted by Gasteiger charge is 2.20. The van der Waals surface area contributed by atoms with E-state index >= 15 is 0 Å². The number of nitrogens with one attached hydrogen (secondary N) is 1. The minimum absolute atomic E-state index is 0.742. The summed E-state index contributed by atoms with van der Waals surface area (Å²) in [7, 11) is 0. The van der Waals surface area contributed by atoms with E-state index in [0.29, 0.717) is 0 Å². The van der Waals surface area contributed by atoms with Gasteiger partial charge in [0.05, 0.1) is 0 Å². The number of nitrogens with two attached hydrogens (primary N) is 1. The minimum Gasteiger partial charge on any atom is -0.398 e. The zero-order chi connectivity index (χ0) is 14.2. The quantitative estimate of drug-likeness (QED) is 0.630. The van der Waals surface area contributed by atoms with Gasteiger partial charge in [-0.2, -0.15) is 0 Å². The Hall–Kier alpha value is -2.22. The van der Waals surface area contributed by atoms with Gasteiger partial charge in [0.2, 0.25) is 0 Å². The zero-order valence-electron chi connectivity index (χ0n) is 12.1. The van der Waals surface area contributed by atoms with Gasteiger partial charge in [-0.3, -0.25) is 0 Å². The standard InChI is InChI=1S/C19H20N2/c20-18-8-4-3-7-15(18)14-9-10-16-17(12-21-19(16)11-14)13-5-1-2-6-13/h3-4,7-13,21H,1-2,5-6,20H2. The van der Waals surface area contributed by atoms with Crippen molar-refractivity contribution < 1.29 is 0 Å². The molecule has 0 bridgehead atoms. The van der Waals surface area contributed by atoms with Gasteiger partial charge < -0.3 is 10.7 Å². The Bertz CT molecular complexity index is 779. The van der Waals surface area contributed by atoms with Crippen LogP contribution >= 0.6 is 0 Å². The lowest BCUT2D eigenvalue weighted by Gasteiger charge is -2.09. The number of benzene rings is 2. The third-order valence-electron chi connectivity index (χ3n) is 4.78. The highest BCUT2D eigenvalue weighted by atomic mass is 14.7. The second-order valence-electron chi connectivity index (χ2n) is 6.07. The number of H-pyrrole nitrogens is 1. The molecule has 2 nitrogen and oxygen atoms in total. The molecule has 0 amide bonds. The zero-order valence-corrected chi connectivity index (χ0v) is 12.1. The number of fused-ring (bicyclic) bond motifs is 1. The molecule has 21 heavy (non-hydrogen) atoms. The van der Waals surface area contributed by atoms with Gasteiger partial charge in [-0.25, -0.2) is 0 Å². The summed E-state index contributed by atoms with van der Waals surface area (Å²) in [6, 6.07) is 14.7. The highest BCUT2D eigenvalue weighted by molar-refractivity contribution is 5.90. The molecular weight excluding hydrogens is 256 g/mol. The summed E-state index contributed by atoms with van der Waals surface area (Å²) in [5, 5.41) is 1.38. The fourth-order valence-corrected chi connectivity index (χ4v) is 3.65. The summed E-state index contributed by atoms with van der Waals surface area (Å²) < 4.78 is 0. The summed E-state index contributed by atoms with van der Waals surface area (Å²) >= 11 is 0. The fourth-order valence-electron chi connectivity index (χ4n) is 3.65. The van der Waals surface area contributed by atoms with Crippen LogP contribution in [0.1, 0.15) is 37.2 Å². The van der Waals surface area contributed by atoms with Gasteiger partial charge in [-0.1, -0.05) is 43.2 Å². The van der Waals surface area contributed by atoms with Crippen molar-refractivity contribution in [2.75, 3.05) is 5.73 Å². The van der Waals surface area contributed by atoms with Gasteiger partial charge in [0, 0.05) is 28.4 Å². The van der Waals surface area contributed by atoms with Crippen LogP contribution in [0.2, 0.25) is 0 Å². The highest BCUT2D eigenvalue weighted by Crippen LogP contribution is 2.38. The molecule has 1 aromatic heterocycles. The molecule has 4 rings (SSSR count). The molecule has 3 N–H and O–H groups in total. The number of nitrogen functional groups attached to an aromatic ring is 1. The van der Waals surface area contributed by atoms with Crippen molar-refractivity contribution in [1.29, 1.82) is 0 Å². The lowest BCUT2D eigenvalue weighted by molar-refractivity contribution is 0.729. The number of aromatic nitrogens is 1. The van der Waals surface area contributed by atoms with E-state index in [1.165, 1.54) is 47.7 Å². The van der Waals surface area contributed by atoms with Crippen LogP contribution in [-0.4, -0.2) is 4.98 Å². The summed E-state index contributed by atoms with van der Waals surface area (Å²) in [6.45, 7) is 0. The topological polar surface area (TPSA) is 41.8 Å². The Morgan fingerprint density at radius 1 is 1.00 bits per heavy atom. The Morgan fingerprint density at radius 3 is 2.62 bits per heavy atom. The third kappa shape index (κ3) is 2.11. The Labute approximate surface area is 125 Å². The van der Waals surface area contributed by atoms with Crippen molar-refractivity contribution in [2.45, 2.75) is 31.6 Å². The summed E-state index contributed by atoms with van der Waals surface area (Å²) in [5.41, 5.74) is 11.9. The first-order valence-electron chi connectivity index (χ1n) is 7.79. The third-order valence-corrected chi connectivity index (χ3v) is 4.78. The Balaban J connectivity index is 1.79. The van der Waals surface area contributed by atoms with Crippen LogP contribution in [0.15, 0.2) is 48.7 Å². The summed E-state index contributed by atoms with van der Waals surface area (Å²) in [4.78, 5) is 3.45. The van der Waals surface area contributed by atoms with Gasteiger partial charge >= 0.3 is 0 Å². The summed E-state index contributed by atoms with van der Waals surface area (Å²) in [5.74, 6) is 0.742. The van der Waals surface area contributed by atoms with Gasteiger partial charge in [0.15, 0.2) is 0 Å². The molecule has 1 aliphatic carbocycles. The van der Waals surface area contributed by atoms with Gasteiger partial charge in [0.1, 0.15) is 0 Å². The molecule has 0 aliphatic heterocycles. The van der Waals surface area contributed by atoms with E-state index in [0.717, 1.165) is 17.2 Å². The molecule has 106 valence electrons. The second kappa shape index (κ2) is 4.96. The molecular formula is C19H20N2. The molecule has 0 atom stereocenters. The molecule has 1 heterocycles. The smallest absolute Gasteiger partial charge is 0.0463 e. The molecule has 1 fully saturated rings. The molecule has 1 saturated carbocycles. The van der Waals surface area contributed by atoms with Crippen molar-refractivity contribution in [3.63, 3.8) is 0 Å². The van der Waals surface area contributed by atoms with Gasteiger partial charge in [-0.05, 0) is 42.0 Å². The number of hydrogen-bond donors (Lipinski definition) is 2. The molecule has 1 aliphatic rings. The van der Waals surface area contributed by atoms with Crippen LogP contribution in [0.25, 0.3) is 22.0 Å². The monoisotopic (exact) mass is 276 g/mol. The Morgan fingerprint density at radius 2 is 1.81 bits per heavy atom. The molecule has 0 saturated heterocycles. The van der Waals surface area contributed by atoms with Crippen molar-refractivity contribution in [1.82, 2.24) is 4.98 Å². The molecule has 2 heteroatoms. The number of rotatable bonds is 2. The molecule has 0 unspecified atom stereocenters. The second-order valence-corrected chi connectivity index (χ2v) is 6.07. The maximum absolute atomic E-state index is 6.09. The van der Waals surface area contributed by atoms with E-state index in [-0.39, 0.29) is 0 Å². The van der Waals surface area contributed by atoms with Crippen molar-refractivity contribution in [3.8, 4) is 11.1 Å². The number of aromatic amines is 1. The van der Waals surface area contributed by atoms with Crippen molar-refractivity contribution in [2.24, 2.45) is 0 Å². The normalized spacial score (nSPS) is 15.8. The van der Waals surface area contributed by atoms with E-state index in [2.05, 4.69) is 35.4 Å². The van der Waals surface area contributed by atoms with E-state index in [1.54, 1.807) is 0 Å². The van der Waals surface area contributed by atoms with Gasteiger partial charge in [-0.15, -0.1) is 0 Å². The van der Waals surface area contributed by atoms with E-state index in [4.69, 9.17) is 5.73 Å². The SMILES string of the molecule is Nc1ccccc1-c1ccc2c(C3CCCC3)c[nH]c2c1. The average Bonchev–Trinajstić information content (AvgIpc) is 3.16. The van der Waals surface area contributed by atoms with Crippen molar-refractivity contribution >= 4 is 16.6 Å². The lowest BCUT2D eigenvalue weighted by atomic mass is 9.95. The number of anilines is 1. The largest absolute Gasteiger partial charge is 0.398 e. The first-order chi connectivity index (χ1) is 10.3. The van der Waals surface area contributed by atoms with E-state index in [9.17, 15) is 0 Å². The summed E-state index contributed by atoms with van der Waals surface area (Å²) in [6.07, 6.45) is 7.62. The van der Waals surface area contributed by atoms with Crippen LogP contribution < -0.4 is 5.73 Å². The predicted octanol–water partition coefficient (Wildman–Crippen LogP) is 5.07. The maximum atomic E-state index is 6.09. The van der Waals surface area contributed by atoms with Crippen LogP contribution in [0.4, 0.5) is 5.69 Å². The van der Waals surface area contributed by atoms with E-state index < -0.39 is 0 Å². The van der Waals surface area contributed by atoms with Crippen molar-refractivity contribution in [3.05, 3.63) is 54.2 Å². The van der Waals surface area contributed by atoms with Crippen LogP contribution in [0.3, 0.4) is 0 Å². The fraction of sp³-hybridized carbons (Fsp3) is 0.263. The molecule has 0 spiro atoms. The maximum Gasteiger partial charge on any atom is 0.0463 e. The van der Waals surface area contributed by atoms with Crippen LogP contribution in [0, 0.1) is 0 Å². The first kappa shape index (κ1) is 12.5. The molecule has 2 aromatic carbocycles. The number of para-hydroxylation sites is 1. The molecule has 3 aromatic rings. The van der Waals surface area contributed by atoms with Crippen LogP contribution in [-0.2, 0) is 0 Å². The number of hydrogen-bond acceptors (Lipinski definition) is 1. The lowest BCUT2D eigenvalue weighted by Crippen LogP contribution is -1.90. The Kier molecular flexibility index (Phi) is 2.95. The van der Waals surface area contributed by atoms with E-state index in [1.807, 2.05) is 18.2 Å². The first-order valence-corrected chi connectivity index (χ1v) is 7.79. The van der Waals surface area contributed by atoms with Gasteiger partial charge in [0.25, 0.3) is 0 Å². The average molecular weight is 276 g/mol. The van der Waals surface area contributed by atoms with Crippen LogP contribution in [0.5, 0.6) is 0 Å². The molecule has 0 radical (unpaired) electrons. The minimum atomic E-state index is 0.742. The predicted molar refractivity (Wildman–Crippen MR) is 89.4 cm³/mol.